The van der Waals surface area contributed by atoms with Crippen molar-refractivity contribution < 1.29 is 14.0 Å². The molecule has 2 saturated carbocycles. The number of hydrogen-bond acceptors (Lipinski definition) is 3. The molecule has 0 spiro atoms. The SMILES string of the molecule is CC(C)(C)OC(=O)N[C@@H]1C[C@H](O[Si](C)(C)C(C)(C)C)C[C@@H]2CCC[C@@H]21. The second kappa shape index (κ2) is 7.22. The van der Waals surface area contributed by atoms with Gasteiger partial charge in [0.1, 0.15) is 5.60 Å². The fourth-order valence-electron chi connectivity index (χ4n) is 4.09. The van der Waals surface area contributed by atoms with Crippen molar-refractivity contribution in [3.05, 3.63) is 0 Å². The Morgan fingerprint density at radius 2 is 1.68 bits per heavy atom. The van der Waals surface area contributed by atoms with Crippen molar-refractivity contribution in [3.63, 3.8) is 0 Å². The zero-order valence-corrected chi connectivity index (χ0v) is 18.6. The molecular formula is C20H39NO3Si. The maximum atomic E-state index is 12.3. The van der Waals surface area contributed by atoms with Gasteiger partial charge in [-0.1, -0.05) is 27.2 Å². The molecule has 4 nitrogen and oxygen atoms in total. The summed E-state index contributed by atoms with van der Waals surface area (Å²) in [6.07, 6.45) is 5.83. The average molecular weight is 370 g/mol. The van der Waals surface area contributed by atoms with E-state index in [0.717, 1.165) is 12.8 Å². The summed E-state index contributed by atoms with van der Waals surface area (Å²) in [6.45, 7) is 17.2. The molecule has 0 unspecified atom stereocenters. The van der Waals surface area contributed by atoms with Crippen LogP contribution in [0.4, 0.5) is 4.79 Å². The Morgan fingerprint density at radius 1 is 1.04 bits per heavy atom. The molecule has 4 atom stereocenters. The van der Waals surface area contributed by atoms with Crippen molar-refractivity contribution in [1.82, 2.24) is 5.32 Å². The van der Waals surface area contributed by atoms with E-state index in [2.05, 4.69) is 39.2 Å². The molecule has 2 fully saturated rings. The molecule has 0 aliphatic heterocycles. The summed E-state index contributed by atoms with van der Waals surface area (Å²) < 4.78 is 12.2. The molecule has 2 aliphatic carbocycles. The highest BCUT2D eigenvalue weighted by Gasteiger charge is 2.45. The first-order chi connectivity index (χ1) is 11.3. The van der Waals surface area contributed by atoms with Crippen molar-refractivity contribution in [2.75, 3.05) is 0 Å². The van der Waals surface area contributed by atoms with E-state index in [0.29, 0.717) is 11.8 Å². The van der Waals surface area contributed by atoms with Crippen LogP contribution in [-0.4, -0.2) is 32.2 Å². The number of carbonyl (C=O) groups excluding carboxylic acids is 1. The third-order valence-electron chi connectivity index (χ3n) is 6.29. The van der Waals surface area contributed by atoms with Gasteiger partial charge in [0.25, 0.3) is 0 Å². The number of carbonyl (C=O) groups is 1. The first kappa shape index (κ1) is 20.8. The highest BCUT2D eigenvalue weighted by Crippen LogP contribution is 2.45. The molecule has 0 radical (unpaired) electrons. The average Bonchev–Trinajstić information content (AvgIpc) is 2.82. The van der Waals surface area contributed by atoms with E-state index in [1.807, 2.05) is 20.8 Å². The molecule has 2 aliphatic rings. The molecule has 5 heteroatoms. The van der Waals surface area contributed by atoms with Gasteiger partial charge >= 0.3 is 6.09 Å². The molecule has 0 saturated heterocycles. The van der Waals surface area contributed by atoms with Crippen LogP contribution in [0.25, 0.3) is 0 Å². The van der Waals surface area contributed by atoms with Crippen LogP contribution in [0, 0.1) is 11.8 Å². The lowest BCUT2D eigenvalue weighted by Crippen LogP contribution is -2.52. The van der Waals surface area contributed by atoms with E-state index >= 15 is 0 Å². The van der Waals surface area contributed by atoms with Crippen molar-refractivity contribution in [2.45, 2.75) is 110 Å². The Morgan fingerprint density at radius 3 is 2.24 bits per heavy atom. The molecule has 146 valence electrons. The summed E-state index contributed by atoms with van der Waals surface area (Å²) >= 11 is 0. The van der Waals surface area contributed by atoms with Crippen molar-refractivity contribution >= 4 is 14.4 Å². The summed E-state index contributed by atoms with van der Waals surface area (Å²) in [5.74, 6) is 1.27. The molecule has 0 aromatic heterocycles. The third kappa shape index (κ3) is 5.46. The van der Waals surface area contributed by atoms with Crippen LogP contribution in [-0.2, 0) is 9.16 Å². The first-order valence-electron chi connectivity index (χ1n) is 9.96. The summed E-state index contributed by atoms with van der Waals surface area (Å²) in [7, 11) is -1.79. The predicted molar refractivity (Wildman–Crippen MR) is 105 cm³/mol. The molecule has 25 heavy (non-hydrogen) atoms. The molecule has 1 amide bonds. The maximum Gasteiger partial charge on any atom is 0.407 e. The first-order valence-corrected chi connectivity index (χ1v) is 12.9. The molecule has 0 bridgehead atoms. The van der Waals surface area contributed by atoms with Crippen molar-refractivity contribution in [2.24, 2.45) is 11.8 Å². The van der Waals surface area contributed by atoms with Gasteiger partial charge < -0.3 is 14.5 Å². The van der Waals surface area contributed by atoms with Gasteiger partial charge in [0.05, 0.1) is 0 Å². The van der Waals surface area contributed by atoms with E-state index in [-0.39, 0.29) is 23.3 Å². The van der Waals surface area contributed by atoms with E-state index in [4.69, 9.17) is 9.16 Å². The largest absolute Gasteiger partial charge is 0.444 e. The van der Waals surface area contributed by atoms with Crippen molar-refractivity contribution in [3.8, 4) is 0 Å². The van der Waals surface area contributed by atoms with Crippen LogP contribution >= 0.6 is 0 Å². The zero-order valence-electron chi connectivity index (χ0n) is 17.6. The lowest BCUT2D eigenvalue weighted by atomic mass is 9.76. The summed E-state index contributed by atoms with van der Waals surface area (Å²) in [5.41, 5.74) is -0.454. The Kier molecular flexibility index (Phi) is 6.00. The molecule has 0 heterocycles. The van der Waals surface area contributed by atoms with Gasteiger partial charge in [-0.15, -0.1) is 0 Å². The predicted octanol–water partition coefficient (Wildman–Crippen LogP) is 5.48. The van der Waals surface area contributed by atoms with Crippen LogP contribution in [0.15, 0.2) is 0 Å². The summed E-state index contributed by atoms with van der Waals surface area (Å²) in [4.78, 5) is 12.3. The monoisotopic (exact) mass is 369 g/mol. The van der Waals surface area contributed by atoms with Gasteiger partial charge in [0, 0.05) is 12.1 Å². The van der Waals surface area contributed by atoms with Gasteiger partial charge in [-0.25, -0.2) is 4.79 Å². The lowest BCUT2D eigenvalue weighted by Gasteiger charge is -2.45. The molecule has 2 rings (SSSR count). The number of amides is 1. The minimum Gasteiger partial charge on any atom is -0.444 e. The molecule has 0 aromatic carbocycles. The number of rotatable bonds is 3. The van der Waals surface area contributed by atoms with E-state index in [9.17, 15) is 4.79 Å². The fourth-order valence-corrected chi connectivity index (χ4v) is 5.47. The van der Waals surface area contributed by atoms with E-state index < -0.39 is 13.9 Å². The van der Waals surface area contributed by atoms with E-state index in [1.54, 1.807) is 0 Å². The van der Waals surface area contributed by atoms with E-state index in [1.165, 1.54) is 19.3 Å². The molecule has 0 aromatic rings. The van der Waals surface area contributed by atoms with Crippen LogP contribution in [0.3, 0.4) is 0 Å². The van der Waals surface area contributed by atoms with Gasteiger partial charge in [-0.2, -0.15) is 0 Å². The Hall–Kier alpha value is -0.553. The Labute approximate surface area is 155 Å². The lowest BCUT2D eigenvalue weighted by molar-refractivity contribution is 0.0326. The fraction of sp³-hybridized carbons (Fsp3) is 0.950. The van der Waals surface area contributed by atoms with Gasteiger partial charge in [0.2, 0.25) is 0 Å². The Bertz CT molecular complexity index is 478. The number of alkyl carbamates (subject to hydrolysis) is 1. The second-order valence-corrected chi connectivity index (χ2v) is 15.3. The maximum absolute atomic E-state index is 12.3. The summed E-state index contributed by atoms with van der Waals surface area (Å²) in [6, 6.07) is 0.186. The summed E-state index contributed by atoms with van der Waals surface area (Å²) in [5, 5.41) is 3.39. The number of ether oxygens (including phenoxy) is 1. The highest BCUT2D eigenvalue weighted by atomic mass is 28.4. The quantitative estimate of drug-likeness (QED) is 0.670. The van der Waals surface area contributed by atoms with Crippen LogP contribution < -0.4 is 5.32 Å². The third-order valence-corrected chi connectivity index (χ3v) is 10.8. The second-order valence-electron chi connectivity index (χ2n) is 10.6. The minimum absolute atomic E-state index is 0.186. The van der Waals surface area contributed by atoms with Crippen LogP contribution in [0.1, 0.15) is 73.6 Å². The topological polar surface area (TPSA) is 47.6 Å². The normalized spacial score (nSPS) is 30.7. The number of hydrogen-bond donors (Lipinski definition) is 1. The van der Waals surface area contributed by atoms with Gasteiger partial charge in [0.15, 0.2) is 8.32 Å². The van der Waals surface area contributed by atoms with Gasteiger partial charge in [-0.3, -0.25) is 0 Å². The van der Waals surface area contributed by atoms with Crippen molar-refractivity contribution in [1.29, 1.82) is 0 Å². The minimum atomic E-state index is -1.79. The van der Waals surface area contributed by atoms with Crippen LogP contribution in [0.5, 0.6) is 0 Å². The number of nitrogens with one attached hydrogen (secondary N) is 1. The Balaban J connectivity index is 2.05. The highest BCUT2D eigenvalue weighted by molar-refractivity contribution is 6.74. The van der Waals surface area contributed by atoms with Gasteiger partial charge in [-0.05, 0) is 76.4 Å². The molecular weight excluding hydrogens is 330 g/mol. The standard InChI is InChI=1S/C20H39NO3Si/c1-19(2,3)23-18(22)21-17-13-15(12-14-10-9-11-16(14)17)24-25(7,8)20(4,5)6/h14-17H,9-13H2,1-8H3,(H,21,22)/t14-,15+,16-,17+/m0/s1. The van der Waals surface area contributed by atoms with Crippen LogP contribution in [0.2, 0.25) is 18.1 Å². The molecule has 1 N–H and O–H groups in total. The smallest absolute Gasteiger partial charge is 0.407 e. The number of fused-ring (bicyclic) bond motifs is 1. The zero-order chi connectivity index (χ0) is 19.0.